The Balaban J connectivity index is 2.31. The second-order valence-electron chi connectivity index (χ2n) is 5.49. The fourth-order valence-electron chi connectivity index (χ4n) is 2.88. The molecule has 0 atom stereocenters. The number of aromatic nitrogens is 2. The molecule has 2 aromatic heterocycles. The Morgan fingerprint density at radius 2 is 2.08 bits per heavy atom. The first kappa shape index (κ1) is 17.0. The van der Waals surface area contributed by atoms with E-state index >= 15 is 0 Å². The number of carbonyl (C=O) groups excluding carboxylic acids is 1. The van der Waals surface area contributed by atoms with E-state index in [2.05, 4.69) is 4.98 Å². The summed E-state index contributed by atoms with van der Waals surface area (Å²) in [6.45, 7) is 1.71. The number of halogens is 1. The number of carbonyl (C=O) groups is 2. The lowest BCUT2D eigenvalue weighted by Gasteiger charge is -2.08. The van der Waals surface area contributed by atoms with Crippen molar-refractivity contribution in [1.82, 2.24) is 9.55 Å². The molecule has 1 aromatic carbocycles. The molecule has 0 aliphatic heterocycles. The largest absolute Gasteiger partial charge is 0.495 e. The number of methoxy groups -OCH3 is 1. The fourth-order valence-corrected chi connectivity index (χ4v) is 3.11. The van der Waals surface area contributed by atoms with Gasteiger partial charge >= 0.3 is 5.97 Å². The van der Waals surface area contributed by atoms with Crippen molar-refractivity contribution in [2.75, 3.05) is 7.11 Å². The molecule has 0 unspecified atom stereocenters. The maximum absolute atomic E-state index is 12.9. The second kappa shape index (κ2) is 6.57. The molecule has 0 saturated carbocycles. The van der Waals surface area contributed by atoms with E-state index in [-0.39, 0.29) is 18.0 Å². The van der Waals surface area contributed by atoms with E-state index in [4.69, 9.17) is 16.3 Å². The highest BCUT2D eigenvalue weighted by Gasteiger charge is 2.23. The van der Waals surface area contributed by atoms with Gasteiger partial charge in [0.05, 0.1) is 24.1 Å². The molecule has 3 rings (SSSR count). The number of aliphatic carboxylic acids is 1. The molecule has 25 heavy (non-hydrogen) atoms. The standard InChI is InChI=1S/C18H15ClN2O4/c1-10-11(8-17(22)23)12-7-16(25-2)13(19)9-15(12)21(10)18(24)14-5-3-4-6-20-14/h3-7,9H,8H2,1-2H3,(H,22,23). The summed E-state index contributed by atoms with van der Waals surface area (Å²) < 4.78 is 6.67. The van der Waals surface area contributed by atoms with E-state index in [0.717, 1.165) is 0 Å². The monoisotopic (exact) mass is 358 g/mol. The Morgan fingerprint density at radius 1 is 1.32 bits per heavy atom. The summed E-state index contributed by atoms with van der Waals surface area (Å²) in [7, 11) is 1.48. The normalized spacial score (nSPS) is 10.8. The zero-order chi connectivity index (χ0) is 18.1. The van der Waals surface area contributed by atoms with E-state index in [0.29, 0.717) is 32.9 Å². The summed E-state index contributed by atoms with van der Waals surface area (Å²) in [4.78, 5) is 28.3. The first-order valence-electron chi connectivity index (χ1n) is 7.49. The number of pyridine rings is 1. The van der Waals surface area contributed by atoms with Gasteiger partial charge in [0.25, 0.3) is 5.91 Å². The maximum Gasteiger partial charge on any atom is 0.307 e. The van der Waals surface area contributed by atoms with Crippen LogP contribution in [0, 0.1) is 6.92 Å². The van der Waals surface area contributed by atoms with Crippen molar-refractivity contribution < 1.29 is 19.4 Å². The van der Waals surface area contributed by atoms with Gasteiger partial charge in [-0.15, -0.1) is 0 Å². The topological polar surface area (TPSA) is 81.4 Å². The molecule has 0 fully saturated rings. The lowest BCUT2D eigenvalue weighted by atomic mass is 10.1. The third-order valence-corrected chi connectivity index (χ3v) is 4.32. The van der Waals surface area contributed by atoms with Crippen LogP contribution in [0.4, 0.5) is 0 Å². The Morgan fingerprint density at radius 3 is 2.68 bits per heavy atom. The highest BCUT2D eigenvalue weighted by atomic mass is 35.5. The molecular formula is C18H15ClN2O4. The van der Waals surface area contributed by atoms with Crippen LogP contribution in [0.25, 0.3) is 10.9 Å². The Bertz CT molecular complexity index is 980. The van der Waals surface area contributed by atoms with Crippen LogP contribution in [0.5, 0.6) is 5.75 Å². The van der Waals surface area contributed by atoms with Crippen molar-refractivity contribution in [2.24, 2.45) is 0 Å². The summed E-state index contributed by atoms with van der Waals surface area (Å²) in [5.74, 6) is -0.912. The van der Waals surface area contributed by atoms with Gasteiger partial charge in [-0.2, -0.15) is 0 Å². The van der Waals surface area contributed by atoms with Gasteiger partial charge in [0.1, 0.15) is 11.4 Å². The molecule has 3 aromatic rings. The maximum atomic E-state index is 12.9. The van der Waals surface area contributed by atoms with E-state index in [1.54, 1.807) is 37.3 Å². The lowest BCUT2D eigenvalue weighted by molar-refractivity contribution is -0.136. The van der Waals surface area contributed by atoms with E-state index < -0.39 is 5.97 Å². The zero-order valence-corrected chi connectivity index (χ0v) is 14.4. The molecule has 0 aliphatic carbocycles. The summed E-state index contributed by atoms with van der Waals surface area (Å²) in [6.07, 6.45) is 1.32. The predicted molar refractivity (Wildman–Crippen MR) is 93.5 cm³/mol. The summed E-state index contributed by atoms with van der Waals surface area (Å²) >= 11 is 6.21. The van der Waals surface area contributed by atoms with Crippen molar-refractivity contribution in [3.8, 4) is 5.75 Å². The SMILES string of the molecule is COc1cc2c(CC(=O)O)c(C)n(C(=O)c3ccccn3)c2cc1Cl. The van der Waals surface area contributed by atoms with Gasteiger partial charge in [-0.05, 0) is 36.8 Å². The number of hydrogen-bond donors (Lipinski definition) is 1. The van der Waals surface area contributed by atoms with Crippen LogP contribution in [-0.4, -0.2) is 33.6 Å². The average molecular weight is 359 g/mol. The number of carboxylic acids is 1. The Kier molecular flexibility index (Phi) is 4.46. The summed E-state index contributed by atoms with van der Waals surface area (Å²) in [5, 5.41) is 10.2. The van der Waals surface area contributed by atoms with Gasteiger partial charge in [0.2, 0.25) is 0 Å². The molecule has 0 aliphatic rings. The number of hydrogen-bond acceptors (Lipinski definition) is 4. The molecule has 0 radical (unpaired) electrons. The molecule has 6 nitrogen and oxygen atoms in total. The van der Waals surface area contributed by atoms with Gasteiger partial charge in [0, 0.05) is 17.3 Å². The van der Waals surface area contributed by atoms with Crippen LogP contribution in [0.2, 0.25) is 5.02 Å². The molecule has 1 N–H and O–H groups in total. The minimum atomic E-state index is -0.985. The third-order valence-electron chi connectivity index (χ3n) is 4.02. The minimum Gasteiger partial charge on any atom is -0.495 e. The van der Waals surface area contributed by atoms with Gasteiger partial charge in [-0.1, -0.05) is 17.7 Å². The molecule has 0 saturated heterocycles. The van der Waals surface area contributed by atoms with Crippen molar-refractivity contribution in [2.45, 2.75) is 13.3 Å². The number of benzene rings is 1. The number of ether oxygens (including phenoxy) is 1. The number of rotatable bonds is 4. The number of nitrogens with zero attached hydrogens (tertiary/aromatic N) is 2. The molecule has 0 amide bonds. The smallest absolute Gasteiger partial charge is 0.307 e. The van der Waals surface area contributed by atoms with Crippen molar-refractivity contribution >= 4 is 34.4 Å². The van der Waals surface area contributed by atoms with Crippen LogP contribution >= 0.6 is 11.6 Å². The molecule has 0 bridgehead atoms. The predicted octanol–water partition coefficient (Wildman–Crippen LogP) is 3.32. The van der Waals surface area contributed by atoms with Gasteiger partial charge in [-0.25, -0.2) is 0 Å². The van der Waals surface area contributed by atoms with E-state index in [1.165, 1.54) is 17.9 Å². The van der Waals surface area contributed by atoms with E-state index in [1.807, 2.05) is 0 Å². The molecule has 7 heteroatoms. The Hall–Kier alpha value is -2.86. The molecule has 128 valence electrons. The average Bonchev–Trinajstić information content (AvgIpc) is 2.85. The van der Waals surface area contributed by atoms with Crippen molar-refractivity contribution in [3.05, 3.63) is 58.5 Å². The van der Waals surface area contributed by atoms with Crippen LogP contribution < -0.4 is 4.74 Å². The summed E-state index contributed by atoms with van der Waals surface area (Å²) in [5.41, 5.74) is 1.87. The highest BCUT2D eigenvalue weighted by Crippen LogP contribution is 2.35. The number of carboxylic acid groups (broad SMARTS) is 1. The first-order chi connectivity index (χ1) is 11.9. The van der Waals surface area contributed by atoms with Crippen molar-refractivity contribution in [1.29, 1.82) is 0 Å². The summed E-state index contributed by atoms with van der Waals surface area (Å²) in [6, 6.07) is 8.31. The van der Waals surface area contributed by atoms with Gasteiger partial charge in [0.15, 0.2) is 0 Å². The first-order valence-corrected chi connectivity index (χ1v) is 7.86. The zero-order valence-electron chi connectivity index (χ0n) is 13.6. The molecule has 2 heterocycles. The van der Waals surface area contributed by atoms with Crippen LogP contribution in [0.1, 0.15) is 21.7 Å². The minimum absolute atomic E-state index is 0.213. The van der Waals surface area contributed by atoms with Crippen LogP contribution in [0.15, 0.2) is 36.5 Å². The van der Waals surface area contributed by atoms with Gasteiger partial charge < -0.3 is 9.84 Å². The Labute approximate surface area is 148 Å². The highest BCUT2D eigenvalue weighted by molar-refractivity contribution is 6.33. The van der Waals surface area contributed by atoms with E-state index in [9.17, 15) is 14.7 Å². The third kappa shape index (κ3) is 2.96. The number of fused-ring (bicyclic) bond motifs is 1. The second-order valence-corrected chi connectivity index (χ2v) is 5.90. The molecule has 0 spiro atoms. The van der Waals surface area contributed by atoms with Crippen LogP contribution in [-0.2, 0) is 11.2 Å². The fraction of sp³-hybridized carbons (Fsp3) is 0.167. The lowest BCUT2D eigenvalue weighted by Crippen LogP contribution is -2.15. The van der Waals surface area contributed by atoms with Crippen LogP contribution in [0.3, 0.4) is 0 Å². The molecular weight excluding hydrogens is 344 g/mol. The quantitative estimate of drug-likeness (QED) is 0.773. The van der Waals surface area contributed by atoms with Crippen molar-refractivity contribution in [3.63, 3.8) is 0 Å². The van der Waals surface area contributed by atoms with Gasteiger partial charge in [-0.3, -0.25) is 19.1 Å².